The highest BCUT2D eigenvalue weighted by Crippen LogP contribution is 2.40. The lowest BCUT2D eigenvalue weighted by Crippen LogP contribution is -2.28. The van der Waals surface area contributed by atoms with E-state index in [1.165, 1.54) is 39.5 Å². The molecule has 7 nitrogen and oxygen atoms in total. The van der Waals surface area contributed by atoms with Crippen LogP contribution in [0.15, 0.2) is 42.5 Å². The van der Waals surface area contributed by atoms with Crippen molar-refractivity contribution in [1.29, 1.82) is 0 Å². The first kappa shape index (κ1) is 19.8. The summed E-state index contributed by atoms with van der Waals surface area (Å²) in [6.07, 6.45) is 3.02. The molecule has 0 saturated carbocycles. The number of benzene rings is 2. The molecule has 0 heterocycles. The molecule has 0 aromatic heterocycles. The van der Waals surface area contributed by atoms with Gasteiger partial charge in [0, 0.05) is 11.1 Å². The van der Waals surface area contributed by atoms with Crippen LogP contribution in [-0.4, -0.2) is 39.7 Å². The molecule has 0 bridgehead atoms. The Morgan fingerprint density at radius 1 is 0.926 bits per heavy atom. The van der Waals surface area contributed by atoms with Crippen LogP contribution in [0.5, 0.6) is 23.0 Å². The van der Waals surface area contributed by atoms with E-state index in [1.54, 1.807) is 30.3 Å². The maximum atomic E-state index is 12.3. The Morgan fingerprint density at radius 2 is 1.59 bits per heavy atom. The number of aliphatic carboxylic acids is 1. The maximum Gasteiger partial charge on any atom is 0.203 e. The second kappa shape index (κ2) is 9.28. The first-order valence-corrected chi connectivity index (χ1v) is 7.94. The SMILES string of the molecule is COc1ccc(/C=C/C(=O)c2ccc(OCC(=O)[O-])cc2)c(OC)c1OC. The molecule has 0 aliphatic carbocycles. The van der Waals surface area contributed by atoms with Crippen molar-refractivity contribution in [3.63, 3.8) is 0 Å². The molecule has 0 aliphatic rings. The fourth-order valence-electron chi connectivity index (χ4n) is 2.38. The molecule has 0 amide bonds. The molecule has 0 unspecified atom stereocenters. The Kier molecular flexibility index (Phi) is 6.82. The van der Waals surface area contributed by atoms with E-state index in [-0.39, 0.29) is 5.78 Å². The van der Waals surface area contributed by atoms with Gasteiger partial charge in [0.25, 0.3) is 0 Å². The third-order valence-corrected chi connectivity index (χ3v) is 3.64. The number of ketones is 1. The number of rotatable bonds is 9. The van der Waals surface area contributed by atoms with Gasteiger partial charge in [-0.3, -0.25) is 4.79 Å². The summed E-state index contributed by atoms with van der Waals surface area (Å²) < 4.78 is 20.9. The van der Waals surface area contributed by atoms with Crippen molar-refractivity contribution in [2.75, 3.05) is 27.9 Å². The molecule has 0 aliphatic heterocycles. The van der Waals surface area contributed by atoms with Crippen LogP contribution in [0, 0.1) is 0 Å². The number of carbonyl (C=O) groups is 2. The summed E-state index contributed by atoms with van der Waals surface area (Å²) in [5, 5.41) is 10.4. The van der Waals surface area contributed by atoms with Crippen molar-refractivity contribution < 1.29 is 33.6 Å². The lowest BCUT2D eigenvalue weighted by Gasteiger charge is -2.13. The van der Waals surface area contributed by atoms with Crippen LogP contribution in [-0.2, 0) is 4.79 Å². The molecule has 0 fully saturated rings. The number of hydrogen-bond donors (Lipinski definition) is 0. The maximum absolute atomic E-state index is 12.3. The topological polar surface area (TPSA) is 94.1 Å². The molecule has 142 valence electrons. The van der Waals surface area contributed by atoms with Gasteiger partial charge in [0.1, 0.15) is 12.4 Å². The second-order valence-corrected chi connectivity index (χ2v) is 5.31. The molecular formula is C20H19O7-. The van der Waals surface area contributed by atoms with Gasteiger partial charge in [-0.15, -0.1) is 0 Å². The van der Waals surface area contributed by atoms with Gasteiger partial charge < -0.3 is 28.8 Å². The Labute approximate surface area is 156 Å². The highest BCUT2D eigenvalue weighted by Gasteiger charge is 2.14. The van der Waals surface area contributed by atoms with Gasteiger partial charge in [-0.2, -0.15) is 0 Å². The molecule has 0 atom stereocenters. The molecule has 0 N–H and O–H groups in total. The fourth-order valence-corrected chi connectivity index (χ4v) is 2.38. The van der Waals surface area contributed by atoms with Crippen LogP contribution in [0.3, 0.4) is 0 Å². The third kappa shape index (κ3) is 5.01. The molecule has 2 rings (SSSR count). The van der Waals surface area contributed by atoms with E-state index in [9.17, 15) is 14.7 Å². The minimum absolute atomic E-state index is 0.238. The number of hydrogen-bond acceptors (Lipinski definition) is 7. The van der Waals surface area contributed by atoms with E-state index in [0.29, 0.717) is 34.1 Å². The molecule has 0 radical (unpaired) electrons. The van der Waals surface area contributed by atoms with Crippen molar-refractivity contribution in [2.24, 2.45) is 0 Å². The van der Waals surface area contributed by atoms with Crippen LogP contribution in [0.4, 0.5) is 0 Å². The van der Waals surface area contributed by atoms with Gasteiger partial charge >= 0.3 is 0 Å². The third-order valence-electron chi connectivity index (χ3n) is 3.64. The zero-order valence-corrected chi connectivity index (χ0v) is 15.2. The lowest BCUT2D eigenvalue weighted by atomic mass is 10.1. The largest absolute Gasteiger partial charge is 0.546 e. The second-order valence-electron chi connectivity index (χ2n) is 5.31. The number of carboxylic acid groups (broad SMARTS) is 1. The van der Waals surface area contributed by atoms with Gasteiger partial charge in [-0.25, -0.2) is 0 Å². The van der Waals surface area contributed by atoms with Gasteiger partial charge in [-0.05, 0) is 48.6 Å². The average molecular weight is 371 g/mol. The summed E-state index contributed by atoms with van der Waals surface area (Å²) in [7, 11) is 4.53. The zero-order chi connectivity index (χ0) is 19.8. The van der Waals surface area contributed by atoms with Crippen molar-refractivity contribution in [2.45, 2.75) is 0 Å². The predicted molar refractivity (Wildman–Crippen MR) is 96.4 cm³/mol. The van der Waals surface area contributed by atoms with Gasteiger partial charge in [0.2, 0.25) is 5.75 Å². The lowest BCUT2D eigenvalue weighted by molar-refractivity contribution is -0.307. The summed E-state index contributed by atoms with van der Waals surface area (Å²) in [6, 6.07) is 9.59. The number of ether oxygens (including phenoxy) is 4. The van der Waals surface area contributed by atoms with E-state index in [2.05, 4.69) is 0 Å². The van der Waals surface area contributed by atoms with Gasteiger partial charge in [-0.1, -0.05) is 0 Å². The van der Waals surface area contributed by atoms with Crippen molar-refractivity contribution in [3.05, 3.63) is 53.6 Å². The Bertz CT molecular complexity index is 838. The molecule has 7 heteroatoms. The number of carbonyl (C=O) groups excluding carboxylic acids is 2. The van der Waals surface area contributed by atoms with Crippen LogP contribution < -0.4 is 24.1 Å². The van der Waals surface area contributed by atoms with E-state index < -0.39 is 12.6 Å². The quantitative estimate of drug-likeness (QED) is 0.489. The first-order chi connectivity index (χ1) is 13.0. The smallest absolute Gasteiger partial charge is 0.203 e. The van der Waals surface area contributed by atoms with Crippen LogP contribution in [0.2, 0.25) is 0 Å². The molecule has 27 heavy (non-hydrogen) atoms. The number of methoxy groups -OCH3 is 3. The molecule has 0 saturated heterocycles. The van der Waals surface area contributed by atoms with Crippen LogP contribution in [0.1, 0.15) is 15.9 Å². The van der Waals surface area contributed by atoms with E-state index in [4.69, 9.17) is 18.9 Å². The zero-order valence-electron chi connectivity index (χ0n) is 15.2. The van der Waals surface area contributed by atoms with Crippen molar-refractivity contribution in [1.82, 2.24) is 0 Å². The highest BCUT2D eigenvalue weighted by atomic mass is 16.5. The monoisotopic (exact) mass is 371 g/mol. The van der Waals surface area contributed by atoms with Crippen LogP contribution in [0.25, 0.3) is 6.08 Å². The summed E-state index contributed by atoms with van der Waals surface area (Å²) in [6.45, 7) is -0.549. The highest BCUT2D eigenvalue weighted by molar-refractivity contribution is 6.07. The van der Waals surface area contributed by atoms with E-state index in [1.807, 2.05) is 0 Å². The number of allylic oxidation sites excluding steroid dienone is 1. The molecule has 2 aromatic carbocycles. The van der Waals surface area contributed by atoms with Crippen LogP contribution >= 0.6 is 0 Å². The molecular weight excluding hydrogens is 352 g/mol. The summed E-state index contributed by atoms with van der Waals surface area (Å²) in [4.78, 5) is 22.7. The van der Waals surface area contributed by atoms with Crippen molar-refractivity contribution >= 4 is 17.8 Å². The molecule has 2 aromatic rings. The van der Waals surface area contributed by atoms with Gasteiger partial charge in [0.05, 0.1) is 27.3 Å². The summed E-state index contributed by atoms with van der Waals surface area (Å²) in [5.74, 6) is 0.183. The predicted octanol–water partition coefficient (Wildman–Crippen LogP) is 1.74. The van der Waals surface area contributed by atoms with Gasteiger partial charge in [0.15, 0.2) is 17.3 Å². The normalized spacial score (nSPS) is 10.5. The molecule has 0 spiro atoms. The van der Waals surface area contributed by atoms with Crippen molar-refractivity contribution in [3.8, 4) is 23.0 Å². The fraction of sp³-hybridized carbons (Fsp3) is 0.200. The minimum Gasteiger partial charge on any atom is -0.546 e. The standard InChI is InChI=1S/C20H20O7/c1-24-17-11-7-14(19(25-2)20(17)26-3)6-10-16(21)13-4-8-15(9-5-13)27-12-18(22)23/h4-11H,12H2,1-3H3,(H,22,23)/p-1/b10-6+. The summed E-state index contributed by atoms with van der Waals surface area (Å²) >= 11 is 0. The minimum atomic E-state index is -1.32. The average Bonchev–Trinajstić information content (AvgIpc) is 2.69. The Balaban J connectivity index is 2.18. The summed E-state index contributed by atoms with van der Waals surface area (Å²) in [5.41, 5.74) is 1.07. The Hall–Kier alpha value is -3.48. The first-order valence-electron chi connectivity index (χ1n) is 7.94. The number of carboxylic acids is 1. The Morgan fingerprint density at radius 3 is 2.15 bits per heavy atom. The van der Waals surface area contributed by atoms with E-state index in [0.717, 1.165) is 0 Å². The van der Waals surface area contributed by atoms with E-state index >= 15 is 0 Å².